The SMILES string of the molecule is COC/C=C\C1=C(C(=O)OC(c2ccccc2)c2ccccc2)N2C(=O)C(NC(=O)/C(=N\OC)c3csc(NC(c4ccccc4)(c4ccccc4)c4ccccc4)n3)C2SC1. The number of ether oxygens (including phenoxy) is 2. The molecule has 0 bridgehead atoms. The lowest BCUT2D eigenvalue weighted by Crippen LogP contribution is -2.71. The van der Waals surface area contributed by atoms with E-state index in [0.29, 0.717) is 23.1 Å². The molecule has 2 aliphatic heterocycles. The molecule has 1 fully saturated rings. The number of hydrogen-bond donors (Lipinski definition) is 2. The highest BCUT2D eigenvalue weighted by molar-refractivity contribution is 8.00. The van der Waals surface area contributed by atoms with Crippen molar-refractivity contribution >= 4 is 51.7 Å². The molecule has 3 heterocycles. The Morgan fingerprint density at radius 2 is 1.35 bits per heavy atom. The topological polar surface area (TPSA) is 131 Å². The lowest BCUT2D eigenvalue weighted by Gasteiger charge is -2.49. The summed E-state index contributed by atoms with van der Waals surface area (Å²) in [5.74, 6) is -1.41. The van der Waals surface area contributed by atoms with Crippen molar-refractivity contribution in [1.82, 2.24) is 15.2 Å². The van der Waals surface area contributed by atoms with Gasteiger partial charge in [-0.1, -0.05) is 169 Å². The highest BCUT2D eigenvalue weighted by atomic mass is 32.2. The predicted octanol–water partition coefficient (Wildman–Crippen LogP) is 8.09. The van der Waals surface area contributed by atoms with Crippen LogP contribution in [-0.2, 0) is 34.2 Å². The highest BCUT2D eigenvalue weighted by Crippen LogP contribution is 2.43. The average Bonchev–Trinajstić information content (AvgIpc) is 3.79. The van der Waals surface area contributed by atoms with E-state index < -0.39 is 40.8 Å². The highest BCUT2D eigenvalue weighted by Gasteiger charge is 2.55. The number of amides is 2. The molecule has 0 radical (unpaired) electrons. The Kier molecular flexibility index (Phi) is 13.0. The minimum Gasteiger partial charge on any atom is -0.448 e. The second-order valence-corrected chi connectivity index (χ2v) is 16.3. The van der Waals surface area contributed by atoms with Gasteiger partial charge in [-0.15, -0.1) is 23.1 Å². The molecule has 2 atom stereocenters. The Hall–Kier alpha value is -6.80. The van der Waals surface area contributed by atoms with Crippen LogP contribution in [0.25, 0.3) is 0 Å². The quantitative estimate of drug-likeness (QED) is 0.0326. The number of anilines is 1. The number of rotatable bonds is 16. The standard InChI is InChI=1S/C49H43N5O6S2/c1-58-30-18-23-35-31-61-46-41(45(56)54(46)42(35)47(57)60-43(33-19-8-3-9-20-33)34-21-10-4-11-22-34)51-44(55)40(53-59-2)39-32-62-48(50-39)52-49(36-24-12-5-13-25-36,37-26-14-6-15-27-37)38-28-16-7-17-29-38/h3-29,32,41,43,46H,30-31H2,1-2H3,(H,50,52)(H,51,55)/b23-18-,53-40-. The normalized spacial score (nSPS) is 16.5. The molecule has 312 valence electrons. The maximum atomic E-state index is 14.3. The van der Waals surface area contributed by atoms with E-state index in [1.54, 1.807) is 24.6 Å². The number of oxime groups is 1. The van der Waals surface area contributed by atoms with E-state index in [1.807, 2.05) is 115 Å². The van der Waals surface area contributed by atoms with E-state index in [1.165, 1.54) is 35.1 Å². The molecule has 1 saturated heterocycles. The summed E-state index contributed by atoms with van der Waals surface area (Å²) in [4.78, 5) is 54.1. The minimum absolute atomic E-state index is 0.111. The second kappa shape index (κ2) is 19.3. The van der Waals surface area contributed by atoms with Crippen molar-refractivity contribution in [2.45, 2.75) is 23.1 Å². The number of thioether (sulfide) groups is 1. The summed E-state index contributed by atoms with van der Waals surface area (Å²) in [6.45, 7) is 0.310. The van der Waals surface area contributed by atoms with Gasteiger partial charge in [0.25, 0.3) is 11.8 Å². The summed E-state index contributed by atoms with van der Waals surface area (Å²) in [6, 6.07) is 48.3. The van der Waals surface area contributed by atoms with E-state index in [9.17, 15) is 14.4 Å². The number of esters is 1. The molecule has 2 unspecified atom stereocenters. The van der Waals surface area contributed by atoms with Crippen molar-refractivity contribution in [3.63, 3.8) is 0 Å². The molecule has 0 spiro atoms. The summed E-state index contributed by atoms with van der Waals surface area (Å²) in [5.41, 5.74) is 4.53. The van der Waals surface area contributed by atoms with E-state index in [0.717, 1.165) is 27.8 Å². The number of thiazole rings is 1. The van der Waals surface area contributed by atoms with Crippen molar-refractivity contribution in [2.75, 3.05) is 31.9 Å². The largest absolute Gasteiger partial charge is 0.448 e. The van der Waals surface area contributed by atoms with Crippen LogP contribution in [0.2, 0.25) is 0 Å². The van der Waals surface area contributed by atoms with Gasteiger partial charge in [0, 0.05) is 18.2 Å². The van der Waals surface area contributed by atoms with Gasteiger partial charge in [-0.3, -0.25) is 14.5 Å². The van der Waals surface area contributed by atoms with E-state index in [-0.39, 0.29) is 17.1 Å². The number of carbonyl (C=O) groups is 3. The number of benzene rings is 5. The fourth-order valence-electron chi connectivity index (χ4n) is 7.68. The molecule has 62 heavy (non-hydrogen) atoms. The summed E-state index contributed by atoms with van der Waals surface area (Å²) in [5, 5.41) is 12.3. The maximum absolute atomic E-state index is 14.3. The number of nitrogens with one attached hydrogen (secondary N) is 2. The fourth-order valence-corrected chi connectivity index (χ4v) is 9.75. The van der Waals surface area contributed by atoms with Gasteiger partial charge in [-0.2, -0.15) is 0 Å². The Morgan fingerprint density at radius 3 is 1.87 bits per heavy atom. The van der Waals surface area contributed by atoms with E-state index in [4.69, 9.17) is 19.3 Å². The van der Waals surface area contributed by atoms with Crippen LogP contribution < -0.4 is 10.6 Å². The van der Waals surface area contributed by atoms with Crippen LogP contribution in [0.4, 0.5) is 5.13 Å². The van der Waals surface area contributed by atoms with Gasteiger partial charge in [-0.05, 0) is 33.4 Å². The lowest BCUT2D eigenvalue weighted by atomic mass is 9.77. The molecule has 11 nitrogen and oxygen atoms in total. The molecular weight excluding hydrogens is 819 g/mol. The minimum atomic E-state index is -0.973. The second-order valence-electron chi connectivity index (χ2n) is 14.3. The number of nitrogens with zero attached hydrogens (tertiary/aromatic N) is 3. The van der Waals surface area contributed by atoms with Crippen LogP contribution >= 0.6 is 23.1 Å². The van der Waals surface area contributed by atoms with Crippen LogP contribution in [0, 0.1) is 0 Å². The summed E-state index contributed by atoms with van der Waals surface area (Å²) >= 11 is 2.74. The monoisotopic (exact) mass is 861 g/mol. The third-order valence-corrected chi connectivity index (χ3v) is 12.6. The Balaban J connectivity index is 1.05. The summed E-state index contributed by atoms with van der Waals surface area (Å²) in [7, 11) is 2.92. The van der Waals surface area contributed by atoms with Crippen molar-refractivity contribution in [3.8, 4) is 0 Å². The molecule has 2 aliphatic rings. The van der Waals surface area contributed by atoms with Crippen LogP contribution in [0.1, 0.15) is 39.6 Å². The van der Waals surface area contributed by atoms with Crippen LogP contribution in [0.3, 0.4) is 0 Å². The predicted molar refractivity (Wildman–Crippen MR) is 242 cm³/mol. The van der Waals surface area contributed by atoms with Crippen molar-refractivity contribution < 1.29 is 28.7 Å². The zero-order valence-corrected chi connectivity index (χ0v) is 35.6. The zero-order chi connectivity index (χ0) is 42.9. The van der Waals surface area contributed by atoms with Gasteiger partial charge >= 0.3 is 5.97 Å². The molecule has 1 aromatic heterocycles. The maximum Gasteiger partial charge on any atom is 0.356 e. The molecule has 8 rings (SSSR count). The van der Waals surface area contributed by atoms with Gasteiger partial charge in [0.1, 0.15) is 35.5 Å². The van der Waals surface area contributed by atoms with Gasteiger partial charge in [0.05, 0.1) is 6.61 Å². The Bertz CT molecular complexity index is 2450. The number of hydrogen-bond acceptors (Lipinski definition) is 11. The smallest absolute Gasteiger partial charge is 0.356 e. The van der Waals surface area contributed by atoms with Crippen LogP contribution in [0.15, 0.2) is 186 Å². The molecule has 5 aromatic carbocycles. The van der Waals surface area contributed by atoms with Crippen LogP contribution in [0.5, 0.6) is 0 Å². The van der Waals surface area contributed by atoms with Gasteiger partial charge in [0.15, 0.2) is 16.9 Å². The summed E-state index contributed by atoms with van der Waals surface area (Å²) < 4.78 is 11.5. The number of methoxy groups -OCH3 is 1. The first-order chi connectivity index (χ1) is 30.4. The average molecular weight is 862 g/mol. The molecular formula is C49H43N5O6S2. The number of fused-ring (bicyclic) bond motifs is 1. The first-order valence-electron chi connectivity index (χ1n) is 19.9. The first kappa shape index (κ1) is 41.9. The molecule has 6 aromatic rings. The van der Waals surface area contributed by atoms with Crippen molar-refractivity contribution in [1.29, 1.82) is 0 Å². The molecule has 0 saturated carbocycles. The third-order valence-electron chi connectivity index (χ3n) is 10.5. The molecule has 0 aliphatic carbocycles. The Labute approximate surface area is 368 Å². The van der Waals surface area contributed by atoms with E-state index >= 15 is 0 Å². The molecule has 2 N–H and O–H groups in total. The van der Waals surface area contributed by atoms with E-state index in [2.05, 4.69) is 52.2 Å². The van der Waals surface area contributed by atoms with Crippen molar-refractivity contribution in [2.24, 2.45) is 5.16 Å². The third kappa shape index (κ3) is 8.55. The number of β-lactam (4-membered cyclic amide) rings is 1. The first-order valence-corrected chi connectivity index (χ1v) is 21.8. The van der Waals surface area contributed by atoms with Gasteiger partial charge < -0.3 is 24.9 Å². The number of aromatic nitrogens is 1. The fraction of sp³-hybridized carbons (Fsp3) is 0.163. The summed E-state index contributed by atoms with van der Waals surface area (Å²) in [6.07, 6.45) is 2.83. The number of allylic oxidation sites excluding steroid dienone is 1. The van der Waals surface area contributed by atoms with Gasteiger partial charge in [0.2, 0.25) is 0 Å². The van der Waals surface area contributed by atoms with Crippen LogP contribution in [-0.4, -0.2) is 71.4 Å². The molecule has 2 amide bonds. The zero-order valence-electron chi connectivity index (χ0n) is 33.9. The lowest BCUT2D eigenvalue weighted by molar-refractivity contribution is -0.154. The molecule has 13 heteroatoms. The van der Waals surface area contributed by atoms with Crippen molar-refractivity contribution in [3.05, 3.63) is 214 Å². The number of carbonyl (C=O) groups excluding carboxylic acids is 3. The van der Waals surface area contributed by atoms with Gasteiger partial charge in [-0.25, -0.2) is 9.78 Å². The Morgan fingerprint density at radius 1 is 0.823 bits per heavy atom.